The Kier molecular flexibility index (Phi) is 4.61. The average molecular weight is 446 g/mol. The van der Waals surface area contributed by atoms with Crippen molar-refractivity contribution in [1.82, 2.24) is 24.8 Å². The smallest absolute Gasteiger partial charge is 0.233 e. The molecule has 0 saturated carbocycles. The molecule has 31 heavy (non-hydrogen) atoms. The molecule has 0 radical (unpaired) electrons. The normalized spacial score (nSPS) is 22.5. The Hall–Kier alpha value is -2.82. The fourth-order valence-corrected chi connectivity index (χ4v) is 4.16. The zero-order valence-corrected chi connectivity index (χ0v) is 17.5. The van der Waals surface area contributed by atoms with Crippen LogP contribution in [0.1, 0.15) is 13.3 Å². The van der Waals surface area contributed by atoms with Crippen LogP contribution in [0.25, 0.3) is 22.4 Å². The number of aromatic nitrogens is 4. The van der Waals surface area contributed by atoms with Crippen molar-refractivity contribution in [3.05, 3.63) is 35.5 Å². The highest BCUT2D eigenvalue weighted by Crippen LogP contribution is 2.33. The lowest BCUT2D eigenvalue weighted by Gasteiger charge is -2.39. The maximum Gasteiger partial charge on any atom is 0.233 e. The molecule has 0 aromatic carbocycles. The number of likely N-dealkylation sites (tertiary alicyclic amines) is 1. The third kappa shape index (κ3) is 3.50. The predicted octanol–water partition coefficient (Wildman–Crippen LogP) is 2.15. The molecule has 9 nitrogen and oxygen atoms in total. The lowest BCUT2D eigenvalue weighted by molar-refractivity contribution is -0.167. The van der Waals surface area contributed by atoms with Crippen LogP contribution in [-0.2, 0) is 9.53 Å². The lowest BCUT2D eigenvalue weighted by Crippen LogP contribution is -2.56. The molecule has 2 saturated heterocycles. The quantitative estimate of drug-likeness (QED) is 0.526. The number of aromatic amines is 1. The Bertz CT molecular complexity index is 1180. The third-order valence-corrected chi connectivity index (χ3v) is 6.00. The van der Waals surface area contributed by atoms with Gasteiger partial charge in [0.2, 0.25) is 5.91 Å². The molecule has 3 aromatic heterocycles. The van der Waals surface area contributed by atoms with Crippen LogP contribution in [0.5, 0.6) is 0 Å². The molecular weight excluding hydrogens is 425 g/mol. The van der Waals surface area contributed by atoms with E-state index in [1.54, 1.807) is 17.2 Å². The van der Waals surface area contributed by atoms with Crippen LogP contribution < -0.4 is 11.1 Å². The highest BCUT2D eigenvalue weighted by molar-refractivity contribution is 6.31. The molecule has 11 heteroatoms. The van der Waals surface area contributed by atoms with Crippen LogP contribution in [0, 0.1) is 11.2 Å². The van der Waals surface area contributed by atoms with E-state index in [0.29, 0.717) is 48.2 Å². The fourth-order valence-electron chi connectivity index (χ4n) is 4.01. The van der Waals surface area contributed by atoms with Crippen LogP contribution in [0.4, 0.5) is 10.2 Å². The third-order valence-electron chi connectivity index (χ3n) is 5.80. The van der Waals surface area contributed by atoms with E-state index in [-0.39, 0.29) is 18.3 Å². The molecule has 4 N–H and O–H groups in total. The van der Waals surface area contributed by atoms with Gasteiger partial charge in [0.1, 0.15) is 11.3 Å². The number of rotatable bonds is 4. The summed E-state index contributed by atoms with van der Waals surface area (Å²) < 4.78 is 19.7. The molecule has 1 amide bonds. The van der Waals surface area contributed by atoms with E-state index in [1.807, 2.05) is 6.92 Å². The summed E-state index contributed by atoms with van der Waals surface area (Å²) in [5.74, 6) is -0.356. The number of halogens is 2. The van der Waals surface area contributed by atoms with Crippen LogP contribution in [0.3, 0.4) is 0 Å². The van der Waals surface area contributed by atoms with Gasteiger partial charge in [0.05, 0.1) is 36.4 Å². The Morgan fingerprint density at radius 2 is 2.19 bits per heavy atom. The summed E-state index contributed by atoms with van der Waals surface area (Å²) in [6.07, 6.45) is 4.78. The van der Waals surface area contributed by atoms with Gasteiger partial charge in [0.15, 0.2) is 17.5 Å². The van der Waals surface area contributed by atoms with E-state index in [9.17, 15) is 9.18 Å². The number of hydrogen-bond donors (Lipinski definition) is 3. The molecular formula is C20H21ClFN7O2. The molecule has 3 aromatic rings. The number of ether oxygens (including phenoxy) is 1. The van der Waals surface area contributed by atoms with Gasteiger partial charge < -0.3 is 25.7 Å². The van der Waals surface area contributed by atoms with Gasteiger partial charge in [0.25, 0.3) is 0 Å². The van der Waals surface area contributed by atoms with E-state index in [0.717, 1.165) is 11.6 Å². The number of pyridine rings is 1. The van der Waals surface area contributed by atoms with Crippen LogP contribution >= 0.6 is 11.6 Å². The molecule has 5 heterocycles. The maximum absolute atomic E-state index is 14.5. The monoisotopic (exact) mass is 445 g/mol. The van der Waals surface area contributed by atoms with Crippen LogP contribution in [0.15, 0.2) is 24.7 Å². The van der Waals surface area contributed by atoms with Crippen molar-refractivity contribution < 1.29 is 13.9 Å². The van der Waals surface area contributed by atoms with Crippen molar-refractivity contribution in [2.24, 2.45) is 11.1 Å². The molecule has 2 fully saturated rings. The molecule has 162 valence electrons. The number of nitrogens with zero attached hydrogens (tertiary/aromatic N) is 4. The number of carbonyl (C=O) groups is 1. The minimum Gasteiger partial charge on any atom is -0.379 e. The molecule has 1 atom stereocenters. The van der Waals surface area contributed by atoms with Crippen molar-refractivity contribution in [2.75, 3.05) is 31.6 Å². The van der Waals surface area contributed by atoms with E-state index in [2.05, 4.69) is 25.3 Å². The van der Waals surface area contributed by atoms with Gasteiger partial charge in [-0.05, 0) is 13.0 Å². The topological polar surface area (TPSA) is 122 Å². The average Bonchev–Trinajstić information content (AvgIpc) is 3.31. The lowest BCUT2D eigenvalue weighted by atomic mass is 9.87. The summed E-state index contributed by atoms with van der Waals surface area (Å²) in [6.45, 7) is 3.40. The maximum atomic E-state index is 14.5. The van der Waals surface area contributed by atoms with Crippen LogP contribution in [-0.4, -0.2) is 62.7 Å². The summed E-state index contributed by atoms with van der Waals surface area (Å²) in [4.78, 5) is 30.2. The van der Waals surface area contributed by atoms with Crippen LogP contribution in [0.2, 0.25) is 5.02 Å². The number of nitrogens with two attached hydrogens (primary N) is 1. The van der Waals surface area contributed by atoms with Gasteiger partial charge in [-0.25, -0.2) is 19.3 Å². The van der Waals surface area contributed by atoms with E-state index in [4.69, 9.17) is 22.1 Å². The second-order valence-corrected chi connectivity index (χ2v) is 8.89. The minimum atomic E-state index is -1.01. The first-order chi connectivity index (χ1) is 14.8. The van der Waals surface area contributed by atoms with E-state index >= 15 is 0 Å². The van der Waals surface area contributed by atoms with Crippen molar-refractivity contribution in [1.29, 1.82) is 0 Å². The Morgan fingerprint density at radius 3 is 2.94 bits per heavy atom. The summed E-state index contributed by atoms with van der Waals surface area (Å²) >= 11 is 6.06. The summed E-state index contributed by atoms with van der Waals surface area (Å²) in [5, 5.41) is 4.19. The molecule has 5 rings (SSSR count). The Morgan fingerprint density at radius 1 is 1.39 bits per heavy atom. The number of amides is 1. The fraction of sp³-hybridized carbons (Fsp3) is 0.400. The summed E-state index contributed by atoms with van der Waals surface area (Å²) in [6, 6.07) is 1.74. The summed E-state index contributed by atoms with van der Waals surface area (Å²) in [5.41, 5.74) is 6.22. The molecule has 2 aliphatic heterocycles. The first kappa shape index (κ1) is 20.1. The number of H-pyrrole nitrogens is 1. The largest absolute Gasteiger partial charge is 0.379 e. The highest BCUT2D eigenvalue weighted by Gasteiger charge is 2.47. The number of anilines is 1. The molecule has 2 aliphatic rings. The zero-order valence-electron chi connectivity index (χ0n) is 16.8. The number of hydrogen-bond acceptors (Lipinski definition) is 7. The van der Waals surface area contributed by atoms with Gasteiger partial charge in [-0.15, -0.1) is 0 Å². The summed E-state index contributed by atoms with van der Waals surface area (Å²) in [7, 11) is 0. The second-order valence-electron chi connectivity index (χ2n) is 8.45. The van der Waals surface area contributed by atoms with Crippen molar-refractivity contribution in [3.63, 3.8) is 0 Å². The molecule has 0 aliphatic carbocycles. The molecule has 0 bridgehead atoms. The van der Waals surface area contributed by atoms with Crippen molar-refractivity contribution in [2.45, 2.75) is 19.0 Å². The van der Waals surface area contributed by atoms with Gasteiger partial charge in [-0.3, -0.25) is 4.79 Å². The Labute approximate surface area is 182 Å². The Balaban J connectivity index is 1.40. The van der Waals surface area contributed by atoms with Crippen molar-refractivity contribution >= 4 is 34.4 Å². The van der Waals surface area contributed by atoms with Gasteiger partial charge in [0, 0.05) is 36.3 Å². The SMILES string of the molecule is CC1(C(=O)N2CC[C@](N)(Nc3nc(-c4c[nH]c5ncc(Cl)cc45)ncc3F)C2)COC1. The van der Waals surface area contributed by atoms with E-state index < -0.39 is 16.9 Å². The standard InChI is InChI=1S/C20H21ClFN7O2/c1-19(9-31-10-19)18(30)29-3-2-20(23,8-29)28-17-14(22)7-26-16(27-17)13-6-25-15-12(13)4-11(21)5-24-15/h4-7H,2-3,8-10,23H2,1H3,(H,24,25)(H,26,27,28)/t20-/m0/s1. The predicted molar refractivity (Wildman–Crippen MR) is 113 cm³/mol. The first-order valence-corrected chi connectivity index (χ1v) is 10.2. The second kappa shape index (κ2) is 7.11. The van der Waals surface area contributed by atoms with Crippen molar-refractivity contribution in [3.8, 4) is 11.4 Å². The van der Waals surface area contributed by atoms with Gasteiger partial charge in [-0.2, -0.15) is 0 Å². The minimum absolute atomic E-state index is 0.0000974. The molecule has 0 unspecified atom stereocenters. The molecule has 0 spiro atoms. The van der Waals surface area contributed by atoms with E-state index in [1.165, 1.54) is 6.20 Å². The van der Waals surface area contributed by atoms with Gasteiger partial charge >= 0.3 is 0 Å². The zero-order chi connectivity index (χ0) is 21.8. The van der Waals surface area contributed by atoms with Gasteiger partial charge in [-0.1, -0.05) is 11.6 Å². The number of carbonyl (C=O) groups excluding carboxylic acids is 1. The number of nitrogens with one attached hydrogen (secondary N) is 2. The first-order valence-electron chi connectivity index (χ1n) is 9.86. The highest BCUT2D eigenvalue weighted by atomic mass is 35.5. The number of fused-ring (bicyclic) bond motifs is 1.